The summed E-state index contributed by atoms with van der Waals surface area (Å²) < 4.78 is 37.5. The summed E-state index contributed by atoms with van der Waals surface area (Å²) in [6, 6.07) is 10.7. The highest BCUT2D eigenvalue weighted by molar-refractivity contribution is 7.98. The van der Waals surface area contributed by atoms with E-state index in [2.05, 4.69) is 0 Å². The molecule has 0 aliphatic carbocycles. The number of hydrogen-bond donors (Lipinski definition) is 1. The summed E-state index contributed by atoms with van der Waals surface area (Å²) in [6.45, 7) is 0. The average molecular weight is 318 g/mol. The van der Waals surface area contributed by atoms with Crippen molar-refractivity contribution in [2.24, 2.45) is 0 Å². The lowest BCUT2D eigenvalue weighted by Crippen LogP contribution is -2.05. The summed E-state index contributed by atoms with van der Waals surface area (Å²) in [5.74, 6) is 0.618. The van der Waals surface area contributed by atoms with Crippen LogP contribution in [0.25, 0.3) is 0 Å². The lowest BCUT2D eigenvalue weighted by Gasteiger charge is -2.10. The van der Waals surface area contributed by atoms with Crippen molar-refractivity contribution in [3.05, 3.63) is 58.6 Å². The third kappa shape index (κ3) is 3.84. The van der Waals surface area contributed by atoms with Crippen LogP contribution in [0.5, 0.6) is 0 Å². The van der Waals surface area contributed by atoms with Crippen LogP contribution in [0.4, 0.5) is 18.9 Å². The molecular formula is C14H11ClF3NS. The summed E-state index contributed by atoms with van der Waals surface area (Å²) in [6.07, 6.45) is -4.37. The van der Waals surface area contributed by atoms with Crippen molar-refractivity contribution >= 4 is 29.1 Å². The van der Waals surface area contributed by atoms with E-state index >= 15 is 0 Å². The van der Waals surface area contributed by atoms with E-state index in [-0.39, 0.29) is 5.69 Å². The van der Waals surface area contributed by atoms with Gasteiger partial charge in [0.15, 0.2) is 0 Å². The first kappa shape index (κ1) is 15.1. The van der Waals surface area contributed by atoms with Crippen LogP contribution in [0.3, 0.4) is 0 Å². The lowest BCUT2D eigenvalue weighted by molar-refractivity contribution is -0.137. The highest BCUT2D eigenvalue weighted by atomic mass is 35.5. The van der Waals surface area contributed by atoms with Crippen LogP contribution < -0.4 is 5.73 Å². The molecule has 0 bridgehead atoms. The molecule has 2 aromatic carbocycles. The third-order valence-corrected chi connectivity index (χ3v) is 4.06. The molecule has 0 saturated carbocycles. The predicted octanol–water partition coefficient (Wildman–Crippen LogP) is 5.23. The summed E-state index contributed by atoms with van der Waals surface area (Å²) in [4.78, 5) is 0.632. The maximum atomic E-state index is 12.5. The number of nitrogen functional groups attached to an aromatic ring is 1. The molecule has 0 spiro atoms. The topological polar surface area (TPSA) is 26.0 Å². The Labute approximate surface area is 123 Å². The molecule has 106 valence electrons. The fourth-order valence-corrected chi connectivity index (χ4v) is 2.63. The van der Waals surface area contributed by atoms with Gasteiger partial charge in [0.25, 0.3) is 0 Å². The SMILES string of the molecule is Nc1cc(C(F)(F)F)ccc1SCc1ccc(Cl)cc1. The Bertz CT molecular complexity index is 596. The molecule has 0 radical (unpaired) electrons. The zero-order valence-corrected chi connectivity index (χ0v) is 11.8. The molecule has 2 aromatic rings. The number of nitrogens with two attached hydrogens (primary N) is 1. The minimum Gasteiger partial charge on any atom is -0.398 e. The van der Waals surface area contributed by atoms with E-state index in [4.69, 9.17) is 17.3 Å². The molecule has 0 saturated heterocycles. The second-order valence-corrected chi connectivity index (χ2v) is 5.62. The van der Waals surface area contributed by atoms with Crippen LogP contribution >= 0.6 is 23.4 Å². The Kier molecular flexibility index (Phi) is 4.50. The monoisotopic (exact) mass is 317 g/mol. The number of hydrogen-bond acceptors (Lipinski definition) is 2. The quantitative estimate of drug-likeness (QED) is 0.619. The number of benzene rings is 2. The van der Waals surface area contributed by atoms with Gasteiger partial charge in [0, 0.05) is 21.4 Å². The minimum absolute atomic E-state index is 0.138. The molecule has 0 heterocycles. The number of halogens is 4. The molecule has 0 unspecified atom stereocenters. The Morgan fingerprint density at radius 2 is 1.70 bits per heavy atom. The van der Waals surface area contributed by atoms with Crippen molar-refractivity contribution in [2.75, 3.05) is 5.73 Å². The van der Waals surface area contributed by atoms with E-state index in [1.807, 2.05) is 12.1 Å². The minimum atomic E-state index is -4.37. The highest BCUT2D eigenvalue weighted by Gasteiger charge is 2.30. The van der Waals surface area contributed by atoms with Crippen LogP contribution in [0, 0.1) is 0 Å². The van der Waals surface area contributed by atoms with E-state index in [0.29, 0.717) is 15.7 Å². The van der Waals surface area contributed by atoms with Crippen LogP contribution in [0.1, 0.15) is 11.1 Å². The maximum absolute atomic E-state index is 12.5. The first-order valence-electron chi connectivity index (χ1n) is 5.70. The summed E-state index contributed by atoms with van der Waals surface area (Å²) in [5.41, 5.74) is 6.10. The Hall–Kier alpha value is -1.33. The number of alkyl halides is 3. The van der Waals surface area contributed by atoms with Gasteiger partial charge in [0.2, 0.25) is 0 Å². The Balaban J connectivity index is 2.08. The number of thioether (sulfide) groups is 1. The van der Waals surface area contributed by atoms with Gasteiger partial charge in [-0.25, -0.2) is 0 Å². The molecular weight excluding hydrogens is 307 g/mol. The molecule has 20 heavy (non-hydrogen) atoms. The van der Waals surface area contributed by atoms with Crippen LogP contribution in [-0.2, 0) is 11.9 Å². The molecule has 6 heteroatoms. The van der Waals surface area contributed by atoms with E-state index in [9.17, 15) is 13.2 Å². The van der Waals surface area contributed by atoms with Gasteiger partial charge in [-0.05, 0) is 35.9 Å². The van der Waals surface area contributed by atoms with Crippen molar-refractivity contribution in [1.29, 1.82) is 0 Å². The van der Waals surface area contributed by atoms with E-state index < -0.39 is 11.7 Å². The van der Waals surface area contributed by atoms with Gasteiger partial charge in [-0.3, -0.25) is 0 Å². The standard InChI is InChI=1S/C14H11ClF3NS/c15-11-4-1-9(2-5-11)8-20-13-6-3-10(7-12(13)19)14(16,17)18/h1-7H,8,19H2. The van der Waals surface area contributed by atoms with Crippen molar-refractivity contribution in [3.63, 3.8) is 0 Å². The van der Waals surface area contributed by atoms with Crippen molar-refractivity contribution in [3.8, 4) is 0 Å². The first-order valence-corrected chi connectivity index (χ1v) is 7.06. The zero-order valence-electron chi connectivity index (χ0n) is 10.2. The lowest BCUT2D eigenvalue weighted by atomic mass is 10.2. The van der Waals surface area contributed by atoms with Gasteiger partial charge in [-0.2, -0.15) is 13.2 Å². The molecule has 2 N–H and O–H groups in total. The van der Waals surface area contributed by atoms with Crippen molar-refractivity contribution in [2.45, 2.75) is 16.8 Å². The summed E-state index contributed by atoms with van der Waals surface area (Å²) >= 11 is 7.17. The molecule has 0 atom stereocenters. The molecule has 0 aliphatic heterocycles. The molecule has 1 nitrogen and oxygen atoms in total. The number of rotatable bonds is 3. The van der Waals surface area contributed by atoms with Crippen LogP contribution in [-0.4, -0.2) is 0 Å². The van der Waals surface area contributed by atoms with Crippen molar-refractivity contribution < 1.29 is 13.2 Å². The van der Waals surface area contributed by atoms with Gasteiger partial charge in [-0.1, -0.05) is 23.7 Å². The normalized spacial score (nSPS) is 11.6. The average Bonchev–Trinajstić information content (AvgIpc) is 2.38. The Morgan fingerprint density at radius 3 is 2.25 bits per heavy atom. The smallest absolute Gasteiger partial charge is 0.398 e. The third-order valence-electron chi connectivity index (χ3n) is 2.64. The fourth-order valence-electron chi connectivity index (χ4n) is 1.60. The summed E-state index contributed by atoms with van der Waals surface area (Å²) in [7, 11) is 0. The van der Waals surface area contributed by atoms with Gasteiger partial charge in [0.05, 0.1) is 5.56 Å². The van der Waals surface area contributed by atoms with Gasteiger partial charge >= 0.3 is 6.18 Å². The first-order chi connectivity index (χ1) is 9.36. The van der Waals surface area contributed by atoms with Crippen LogP contribution in [0.2, 0.25) is 5.02 Å². The molecule has 0 aromatic heterocycles. The fraction of sp³-hybridized carbons (Fsp3) is 0.143. The second kappa shape index (κ2) is 5.97. The van der Waals surface area contributed by atoms with E-state index in [0.717, 1.165) is 17.7 Å². The Morgan fingerprint density at radius 1 is 1.05 bits per heavy atom. The second-order valence-electron chi connectivity index (χ2n) is 4.17. The van der Waals surface area contributed by atoms with Gasteiger partial charge in [-0.15, -0.1) is 11.8 Å². The van der Waals surface area contributed by atoms with Crippen molar-refractivity contribution in [1.82, 2.24) is 0 Å². The molecule has 2 rings (SSSR count). The molecule has 0 aliphatic rings. The van der Waals surface area contributed by atoms with Crippen LogP contribution in [0.15, 0.2) is 47.4 Å². The molecule has 0 amide bonds. The van der Waals surface area contributed by atoms with E-state index in [1.54, 1.807) is 12.1 Å². The van der Waals surface area contributed by atoms with E-state index in [1.165, 1.54) is 17.8 Å². The summed E-state index contributed by atoms with van der Waals surface area (Å²) in [5, 5.41) is 0.646. The maximum Gasteiger partial charge on any atom is 0.416 e. The zero-order chi connectivity index (χ0) is 14.8. The highest BCUT2D eigenvalue weighted by Crippen LogP contribution is 2.35. The number of anilines is 1. The van der Waals surface area contributed by atoms with Gasteiger partial charge in [0.1, 0.15) is 0 Å². The van der Waals surface area contributed by atoms with Gasteiger partial charge < -0.3 is 5.73 Å². The molecule has 0 fully saturated rings. The largest absolute Gasteiger partial charge is 0.416 e. The predicted molar refractivity (Wildman–Crippen MR) is 76.9 cm³/mol.